The molecule has 0 radical (unpaired) electrons. The van der Waals surface area contributed by atoms with Gasteiger partial charge in [-0.15, -0.1) is 0 Å². The number of aliphatic hydroxyl groups excluding tert-OH is 1. The fourth-order valence-electron chi connectivity index (χ4n) is 1.82. The SMILES string of the molecule is C[C@H](O)CNC(=O)C(=O)NC1CCCCC1. The second-order valence-electron chi connectivity index (χ2n) is 4.37. The third kappa shape index (κ3) is 4.61. The first-order valence-corrected chi connectivity index (χ1v) is 5.86. The molecule has 0 bridgehead atoms. The highest BCUT2D eigenvalue weighted by Crippen LogP contribution is 2.17. The van der Waals surface area contributed by atoms with Gasteiger partial charge in [-0.2, -0.15) is 0 Å². The first-order chi connectivity index (χ1) is 7.59. The molecule has 2 amide bonds. The van der Waals surface area contributed by atoms with Crippen LogP contribution in [-0.4, -0.2) is 35.6 Å². The van der Waals surface area contributed by atoms with Gasteiger partial charge < -0.3 is 15.7 Å². The molecule has 5 nitrogen and oxygen atoms in total. The summed E-state index contributed by atoms with van der Waals surface area (Å²) in [6.45, 7) is 1.66. The van der Waals surface area contributed by atoms with Crippen molar-refractivity contribution < 1.29 is 14.7 Å². The normalized spacial score (nSPS) is 18.9. The minimum Gasteiger partial charge on any atom is -0.392 e. The van der Waals surface area contributed by atoms with E-state index in [4.69, 9.17) is 5.11 Å². The summed E-state index contributed by atoms with van der Waals surface area (Å²) in [4.78, 5) is 22.7. The van der Waals surface area contributed by atoms with Gasteiger partial charge in [0.15, 0.2) is 0 Å². The van der Waals surface area contributed by atoms with Crippen LogP contribution >= 0.6 is 0 Å². The molecule has 1 aliphatic rings. The van der Waals surface area contributed by atoms with Crippen LogP contribution in [0.5, 0.6) is 0 Å². The molecule has 3 N–H and O–H groups in total. The minimum absolute atomic E-state index is 0.108. The lowest BCUT2D eigenvalue weighted by Gasteiger charge is -2.22. The summed E-state index contributed by atoms with van der Waals surface area (Å²) in [6.07, 6.45) is 4.71. The van der Waals surface area contributed by atoms with E-state index in [0.29, 0.717) is 0 Å². The average Bonchev–Trinajstić information content (AvgIpc) is 2.27. The maximum Gasteiger partial charge on any atom is 0.309 e. The van der Waals surface area contributed by atoms with Crippen molar-refractivity contribution in [2.75, 3.05) is 6.54 Å². The van der Waals surface area contributed by atoms with E-state index in [1.54, 1.807) is 6.92 Å². The Morgan fingerprint density at radius 3 is 2.44 bits per heavy atom. The number of hydrogen-bond donors (Lipinski definition) is 3. The zero-order chi connectivity index (χ0) is 12.0. The second kappa shape index (κ2) is 6.48. The van der Waals surface area contributed by atoms with E-state index in [2.05, 4.69) is 10.6 Å². The molecule has 0 unspecified atom stereocenters. The van der Waals surface area contributed by atoms with Crippen molar-refractivity contribution >= 4 is 11.8 Å². The van der Waals surface area contributed by atoms with Crippen molar-refractivity contribution in [2.45, 2.75) is 51.2 Å². The lowest BCUT2D eigenvalue weighted by molar-refractivity contribution is -0.140. The number of nitrogens with one attached hydrogen (secondary N) is 2. The van der Waals surface area contributed by atoms with E-state index in [9.17, 15) is 9.59 Å². The summed E-state index contributed by atoms with van der Waals surface area (Å²) in [5.74, 6) is -1.25. The van der Waals surface area contributed by atoms with Gasteiger partial charge in [0.1, 0.15) is 0 Å². The molecule has 1 atom stereocenters. The molecule has 0 heterocycles. The molecule has 5 heteroatoms. The molecule has 16 heavy (non-hydrogen) atoms. The molecule has 92 valence electrons. The quantitative estimate of drug-likeness (QED) is 0.592. The van der Waals surface area contributed by atoms with Crippen LogP contribution in [-0.2, 0) is 9.59 Å². The van der Waals surface area contributed by atoms with Crippen LogP contribution in [0.4, 0.5) is 0 Å². The monoisotopic (exact) mass is 228 g/mol. The Hall–Kier alpha value is -1.10. The number of aliphatic hydroxyl groups is 1. The van der Waals surface area contributed by atoms with Gasteiger partial charge in [0, 0.05) is 12.6 Å². The Kier molecular flexibility index (Phi) is 5.25. The molecule has 0 aromatic heterocycles. The summed E-state index contributed by atoms with van der Waals surface area (Å²) in [6, 6.07) is 0.138. The largest absolute Gasteiger partial charge is 0.392 e. The van der Waals surface area contributed by atoms with Crippen LogP contribution < -0.4 is 10.6 Å². The van der Waals surface area contributed by atoms with Gasteiger partial charge in [0.05, 0.1) is 6.10 Å². The number of rotatable bonds is 3. The lowest BCUT2D eigenvalue weighted by atomic mass is 9.95. The fourth-order valence-corrected chi connectivity index (χ4v) is 1.82. The van der Waals surface area contributed by atoms with E-state index in [-0.39, 0.29) is 12.6 Å². The lowest BCUT2D eigenvalue weighted by Crippen LogP contribution is -2.46. The summed E-state index contributed by atoms with van der Waals surface area (Å²) in [5, 5.41) is 14.0. The van der Waals surface area contributed by atoms with Crippen molar-refractivity contribution in [3.8, 4) is 0 Å². The average molecular weight is 228 g/mol. The highest BCUT2D eigenvalue weighted by atomic mass is 16.3. The van der Waals surface area contributed by atoms with Crippen LogP contribution in [0.2, 0.25) is 0 Å². The van der Waals surface area contributed by atoms with Crippen molar-refractivity contribution in [3.05, 3.63) is 0 Å². The Labute approximate surface area is 95.6 Å². The molecular weight excluding hydrogens is 208 g/mol. The standard InChI is InChI=1S/C11H20N2O3/c1-8(14)7-12-10(15)11(16)13-9-5-3-2-4-6-9/h8-9,14H,2-7H2,1H3,(H,12,15)(H,13,16)/t8-/m0/s1. The van der Waals surface area contributed by atoms with Crippen molar-refractivity contribution in [3.63, 3.8) is 0 Å². The van der Waals surface area contributed by atoms with Gasteiger partial charge in [-0.25, -0.2) is 0 Å². The van der Waals surface area contributed by atoms with E-state index >= 15 is 0 Å². The Bertz CT molecular complexity index is 248. The topological polar surface area (TPSA) is 78.4 Å². The summed E-state index contributed by atoms with van der Waals surface area (Å²) < 4.78 is 0. The maximum absolute atomic E-state index is 11.4. The molecule has 0 aliphatic heterocycles. The zero-order valence-corrected chi connectivity index (χ0v) is 9.66. The highest BCUT2D eigenvalue weighted by molar-refractivity contribution is 6.35. The zero-order valence-electron chi connectivity index (χ0n) is 9.66. The summed E-state index contributed by atoms with van der Waals surface area (Å²) >= 11 is 0. The third-order valence-electron chi connectivity index (χ3n) is 2.70. The number of amides is 2. The molecule has 1 saturated carbocycles. The Balaban J connectivity index is 2.25. The maximum atomic E-state index is 11.4. The van der Waals surface area contributed by atoms with Gasteiger partial charge in [-0.3, -0.25) is 9.59 Å². The van der Waals surface area contributed by atoms with Gasteiger partial charge in [-0.1, -0.05) is 19.3 Å². The van der Waals surface area contributed by atoms with E-state index in [1.807, 2.05) is 0 Å². The van der Waals surface area contributed by atoms with Gasteiger partial charge in [0.25, 0.3) is 0 Å². The van der Waals surface area contributed by atoms with Crippen molar-refractivity contribution in [1.29, 1.82) is 0 Å². The second-order valence-corrected chi connectivity index (χ2v) is 4.37. The number of carbonyl (C=O) groups is 2. The van der Waals surface area contributed by atoms with Crippen LogP contribution in [0.1, 0.15) is 39.0 Å². The van der Waals surface area contributed by atoms with Gasteiger partial charge >= 0.3 is 11.8 Å². The molecule has 1 rings (SSSR count). The number of hydrogen-bond acceptors (Lipinski definition) is 3. The van der Waals surface area contributed by atoms with Crippen LogP contribution in [0.15, 0.2) is 0 Å². The smallest absolute Gasteiger partial charge is 0.309 e. The van der Waals surface area contributed by atoms with Crippen molar-refractivity contribution in [1.82, 2.24) is 10.6 Å². The molecule has 1 aliphatic carbocycles. The van der Waals surface area contributed by atoms with Crippen molar-refractivity contribution in [2.24, 2.45) is 0 Å². The van der Waals surface area contributed by atoms with E-state index in [0.717, 1.165) is 25.7 Å². The molecule has 1 fully saturated rings. The Morgan fingerprint density at radius 2 is 1.88 bits per heavy atom. The molecule has 0 saturated heterocycles. The van der Waals surface area contributed by atoms with E-state index < -0.39 is 17.9 Å². The molecule has 0 aromatic carbocycles. The van der Waals surface area contributed by atoms with Gasteiger partial charge in [-0.05, 0) is 19.8 Å². The summed E-state index contributed by atoms with van der Waals surface area (Å²) in [5.41, 5.74) is 0. The fraction of sp³-hybridized carbons (Fsp3) is 0.818. The first kappa shape index (κ1) is 13.0. The predicted molar refractivity (Wildman–Crippen MR) is 59.7 cm³/mol. The predicted octanol–water partition coefficient (Wildman–Crippen LogP) is -0.0677. The first-order valence-electron chi connectivity index (χ1n) is 5.86. The van der Waals surface area contributed by atoms with E-state index in [1.165, 1.54) is 6.42 Å². The molecule has 0 spiro atoms. The van der Waals surface area contributed by atoms with Crippen LogP contribution in [0.25, 0.3) is 0 Å². The Morgan fingerprint density at radius 1 is 1.25 bits per heavy atom. The molecular formula is C11H20N2O3. The summed E-state index contributed by atoms with van der Waals surface area (Å²) in [7, 11) is 0. The third-order valence-corrected chi connectivity index (χ3v) is 2.70. The minimum atomic E-state index is -0.661. The van der Waals surface area contributed by atoms with Crippen LogP contribution in [0, 0.1) is 0 Å². The van der Waals surface area contributed by atoms with Crippen LogP contribution in [0.3, 0.4) is 0 Å². The van der Waals surface area contributed by atoms with Gasteiger partial charge in [0.2, 0.25) is 0 Å². The number of carbonyl (C=O) groups excluding carboxylic acids is 2. The molecule has 0 aromatic rings. The highest BCUT2D eigenvalue weighted by Gasteiger charge is 2.20.